The Balaban J connectivity index is 1.54. The second-order valence-corrected chi connectivity index (χ2v) is 5.98. The first-order valence-corrected chi connectivity index (χ1v) is 8.11. The molecule has 1 aromatic heterocycles. The summed E-state index contributed by atoms with van der Waals surface area (Å²) in [6.07, 6.45) is 1.57. The quantitative estimate of drug-likeness (QED) is 0.759. The molecule has 0 bridgehead atoms. The molecule has 26 heavy (non-hydrogen) atoms. The first-order valence-electron chi connectivity index (χ1n) is 8.11. The van der Waals surface area contributed by atoms with Gasteiger partial charge in [-0.2, -0.15) is 5.10 Å². The summed E-state index contributed by atoms with van der Waals surface area (Å²) >= 11 is 0. The number of nitrogens with one attached hydrogen (secondary N) is 2. The Hall–Kier alpha value is -3.48. The van der Waals surface area contributed by atoms with Crippen molar-refractivity contribution in [3.05, 3.63) is 66.6 Å². The van der Waals surface area contributed by atoms with E-state index in [9.17, 15) is 14.0 Å². The van der Waals surface area contributed by atoms with E-state index in [1.807, 2.05) is 18.2 Å². The molecule has 1 atom stereocenters. The summed E-state index contributed by atoms with van der Waals surface area (Å²) in [5.74, 6) is -0.390. The van der Waals surface area contributed by atoms with Crippen LogP contribution in [0.1, 0.15) is 12.5 Å². The number of carbonyl (C=O) groups excluding carboxylic acids is 2. The molecule has 4 rings (SSSR count). The van der Waals surface area contributed by atoms with Crippen LogP contribution in [0.2, 0.25) is 0 Å². The second kappa shape index (κ2) is 6.44. The first kappa shape index (κ1) is 16.0. The van der Waals surface area contributed by atoms with Crippen LogP contribution in [0.3, 0.4) is 0 Å². The van der Waals surface area contributed by atoms with Gasteiger partial charge in [0.05, 0.1) is 12.6 Å². The molecule has 0 fully saturated rings. The Morgan fingerprint density at radius 1 is 1.15 bits per heavy atom. The van der Waals surface area contributed by atoms with Gasteiger partial charge in [-0.05, 0) is 29.8 Å². The molecule has 1 aliphatic heterocycles. The SMILES string of the molecule is O=C(CC1C(=O)Nc2c(-c3ccc(F)cc3)cnn21)Nc1ccccc1. The largest absolute Gasteiger partial charge is 0.326 e. The van der Waals surface area contributed by atoms with Crippen LogP contribution in [0.15, 0.2) is 60.8 Å². The molecule has 2 aromatic carbocycles. The van der Waals surface area contributed by atoms with Crippen molar-refractivity contribution in [2.45, 2.75) is 12.5 Å². The number of anilines is 2. The molecule has 2 amide bonds. The Morgan fingerprint density at radius 2 is 1.88 bits per heavy atom. The van der Waals surface area contributed by atoms with E-state index < -0.39 is 6.04 Å². The third-order valence-electron chi connectivity index (χ3n) is 4.23. The molecule has 1 aliphatic rings. The lowest BCUT2D eigenvalue weighted by Crippen LogP contribution is -2.23. The normalized spacial score (nSPS) is 15.4. The minimum atomic E-state index is -0.720. The maximum absolute atomic E-state index is 13.1. The van der Waals surface area contributed by atoms with Gasteiger partial charge >= 0.3 is 0 Å². The zero-order chi connectivity index (χ0) is 18.1. The summed E-state index contributed by atoms with van der Waals surface area (Å²) < 4.78 is 14.6. The van der Waals surface area contributed by atoms with Gasteiger partial charge in [0.2, 0.25) is 5.91 Å². The number of para-hydroxylation sites is 1. The Morgan fingerprint density at radius 3 is 2.62 bits per heavy atom. The number of aromatic nitrogens is 2. The van der Waals surface area contributed by atoms with Crippen molar-refractivity contribution in [2.75, 3.05) is 10.6 Å². The maximum atomic E-state index is 13.1. The molecule has 7 heteroatoms. The molecular weight excluding hydrogens is 335 g/mol. The number of amides is 2. The van der Waals surface area contributed by atoms with E-state index in [0.29, 0.717) is 17.1 Å². The van der Waals surface area contributed by atoms with Gasteiger partial charge in [-0.15, -0.1) is 0 Å². The average molecular weight is 350 g/mol. The predicted octanol–water partition coefficient (Wildman–Crippen LogP) is 3.21. The average Bonchev–Trinajstić information content (AvgIpc) is 3.16. The third-order valence-corrected chi connectivity index (χ3v) is 4.23. The van der Waals surface area contributed by atoms with Gasteiger partial charge in [0, 0.05) is 11.3 Å². The van der Waals surface area contributed by atoms with Crippen LogP contribution in [0.4, 0.5) is 15.9 Å². The van der Waals surface area contributed by atoms with E-state index in [4.69, 9.17) is 0 Å². The van der Waals surface area contributed by atoms with Crippen molar-refractivity contribution < 1.29 is 14.0 Å². The van der Waals surface area contributed by atoms with E-state index in [0.717, 1.165) is 5.56 Å². The van der Waals surface area contributed by atoms with Gasteiger partial charge in [-0.3, -0.25) is 9.59 Å². The van der Waals surface area contributed by atoms with E-state index in [-0.39, 0.29) is 24.1 Å². The number of halogens is 1. The lowest BCUT2D eigenvalue weighted by Gasteiger charge is -2.09. The van der Waals surface area contributed by atoms with Crippen LogP contribution in [-0.4, -0.2) is 21.6 Å². The highest BCUT2D eigenvalue weighted by Crippen LogP contribution is 2.35. The number of nitrogens with zero attached hydrogens (tertiary/aromatic N) is 2. The maximum Gasteiger partial charge on any atom is 0.251 e. The van der Waals surface area contributed by atoms with Crippen LogP contribution >= 0.6 is 0 Å². The third kappa shape index (κ3) is 2.95. The number of hydrogen-bond donors (Lipinski definition) is 2. The van der Waals surface area contributed by atoms with Gasteiger partial charge in [-0.25, -0.2) is 9.07 Å². The van der Waals surface area contributed by atoms with E-state index >= 15 is 0 Å². The van der Waals surface area contributed by atoms with Crippen LogP contribution < -0.4 is 10.6 Å². The van der Waals surface area contributed by atoms with Crippen LogP contribution in [0.25, 0.3) is 11.1 Å². The molecule has 0 saturated carbocycles. The summed E-state index contributed by atoms with van der Waals surface area (Å²) in [4.78, 5) is 24.6. The Labute approximate surface area is 148 Å². The van der Waals surface area contributed by atoms with Crippen molar-refractivity contribution in [3.63, 3.8) is 0 Å². The molecule has 0 radical (unpaired) electrons. The van der Waals surface area contributed by atoms with Crippen molar-refractivity contribution in [2.24, 2.45) is 0 Å². The topological polar surface area (TPSA) is 76.0 Å². The van der Waals surface area contributed by atoms with Crippen LogP contribution in [-0.2, 0) is 9.59 Å². The van der Waals surface area contributed by atoms with Gasteiger partial charge in [0.25, 0.3) is 5.91 Å². The Kier molecular flexibility index (Phi) is 3.96. The van der Waals surface area contributed by atoms with Gasteiger partial charge < -0.3 is 10.6 Å². The van der Waals surface area contributed by atoms with E-state index in [1.54, 1.807) is 30.5 Å². The number of fused-ring (bicyclic) bond motifs is 1. The fraction of sp³-hybridized carbons (Fsp3) is 0.105. The summed E-state index contributed by atoms with van der Waals surface area (Å²) in [6.45, 7) is 0. The zero-order valence-electron chi connectivity index (χ0n) is 13.6. The zero-order valence-corrected chi connectivity index (χ0v) is 13.6. The minimum Gasteiger partial charge on any atom is -0.326 e. The fourth-order valence-electron chi connectivity index (χ4n) is 2.96. The molecule has 2 heterocycles. The summed E-state index contributed by atoms with van der Waals surface area (Å²) in [7, 11) is 0. The van der Waals surface area contributed by atoms with Crippen molar-refractivity contribution >= 4 is 23.3 Å². The fourth-order valence-corrected chi connectivity index (χ4v) is 2.96. The van der Waals surface area contributed by atoms with Crippen molar-refractivity contribution in [3.8, 4) is 11.1 Å². The van der Waals surface area contributed by atoms with Crippen LogP contribution in [0.5, 0.6) is 0 Å². The Bertz CT molecular complexity index is 967. The van der Waals surface area contributed by atoms with Gasteiger partial charge in [-0.1, -0.05) is 30.3 Å². The van der Waals surface area contributed by atoms with Crippen LogP contribution in [0, 0.1) is 5.82 Å². The molecule has 130 valence electrons. The van der Waals surface area contributed by atoms with E-state index in [1.165, 1.54) is 16.8 Å². The molecule has 3 aromatic rings. The minimum absolute atomic E-state index is 0.0295. The molecule has 2 N–H and O–H groups in total. The first-order chi connectivity index (χ1) is 12.6. The number of hydrogen-bond acceptors (Lipinski definition) is 3. The summed E-state index contributed by atoms with van der Waals surface area (Å²) in [5, 5.41) is 9.78. The van der Waals surface area contributed by atoms with Crippen molar-refractivity contribution in [1.29, 1.82) is 0 Å². The van der Waals surface area contributed by atoms with Gasteiger partial charge in [0.15, 0.2) is 0 Å². The molecular formula is C19H15FN4O2. The predicted molar refractivity (Wildman–Crippen MR) is 95.0 cm³/mol. The highest BCUT2D eigenvalue weighted by Gasteiger charge is 2.35. The van der Waals surface area contributed by atoms with E-state index in [2.05, 4.69) is 15.7 Å². The highest BCUT2D eigenvalue weighted by molar-refractivity contribution is 6.04. The molecule has 0 spiro atoms. The number of rotatable bonds is 4. The number of carbonyl (C=O) groups is 2. The standard InChI is InChI=1S/C19H15FN4O2/c20-13-8-6-12(7-9-13)15-11-21-24-16(19(26)23-18(15)24)10-17(25)22-14-4-2-1-3-5-14/h1-9,11,16H,10H2,(H,22,25)(H,23,26). The van der Waals surface area contributed by atoms with Crippen molar-refractivity contribution in [1.82, 2.24) is 9.78 Å². The molecule has 0 aliphatic carbocycles. The summed E-state index contributed by atoms with van der Waals surface area (Å²) in [6, 6.07) is 14.3. The molecule has 1 unspecified atom stereocenters. The summed E-state index contributed by atoms with van der Waals surface area (Å²) in [5.41, 5.74) is 2.09. The highest BCUT2D eigenvalue weighted by atomic mass is 19.1. The lowest BCUT2D eigenvalue weighted by molar-refractivity contribution is -0.123. The second-order valence-electron chi connectivity index (χ2n) is 5.98. The molecule has 0 saturated heterocycles. The smallest absolute Gasteiger partial charge is 0.251 e. The number of benzene rings is 2. The lowest BCUT2D eigenvalue weighted by atomic mass is 10.1. The molecule has 6 nitrogen and oxygen atoms in total. The van der Waals surface area contributed by atoms with Gasteiger partial charge in [0.1, 0.15) is 17.7 Å². The monoisotopic (exact) mass is 350 g/mol.